The van der Waals surface area contributed by atoms with Gasteiger partial charge in [-0.05, 0) is 42.7 Å². The molecule has 0 unspecified atom stereocenters. The molecular weight excluding hydrogens is 286 g/mol. The average Bonchev–Trinajstić information content (AvgIpc) is 2.42. The van der Waals surface area contributed by atoms with Crippen LogP contribution >= 0.6 is 0 Å². The van der Waals surface area contributed by atoms with E-state index in [-0.39, 0.29) is 11.6 Å². The second-order valence-corrected chi connectivity index (χ2v) is 4.70. The Balaban J connectivity index is 2.07. The molecule has 0 aliphatic carbocycles. The summed E-state index contributed by atoms with van der Waals surface area (Å²) in [6.45, 7) is 3.63. The molecule has 0 aliphatic rings. The van der Waals surface area contributed by atoms with Gasteiger partial charge in [-0.3, -0.25) is 0 Å². The van der Waals surface area contributed by atoms with Crippen molar-refractivity contribution < 1.29 is 17.6 Å². The monoisotopic (exact) mass is 299 g/mol. The van der Waals surface area contributed by atoms with Crippen LogP contribution in [0.5, 0.6) is 0 Å². The molecule has 2 aromatic rings. The van der Waals surface area contributed by atoms with Crippen LogP contribution in [0, 0.1) is 19.7 Å². The van der Waals surface area contributed by atoms with Crippen LogP contribution in [0.3, 0.4) is 0 Å². The van der Waals surface area contributed by atoms with Gasteiger partial charge in [0.05, 0.1) is 0 Å². The normalized spacial score (nSPS) is 11.5. The molecule has 0 bridgehead atoms. The molecule has 1 aromatic heterocycles. The number of anilines is 1. The Hall–Kier alpha value is -2.18. The molecule has 0 radical (unpaired) electrons. The highest BCUT2D eigenvalue weighted by atomic mass is 19.4. The van der Waals surface area contributed by atoms with Crippen molar-refractivity contribution in [3.63, 3.8) is 0 Å². The van der Waals surface area contributed by atoms with Gasteiger partial charge in [-0.2, -0.15) is 13.2 Å². The van der Waals surface area contributed by atoms with E-state index in [1.807, 2.05) is 0 Å². The highest BCUT2D eigenvalue weighted by Gasteiger charge is 2.32. The predicted molar refractivity (Wildman–Crippen MR) is 70.2 cm³/mol. The standard InChI is InChI=1S/C14H13F4N3/c1-8-5-10(6-9(2)13(8)15)7-19-12-4-3-11(20-21-12)14(16,17)18/h3-6H,7H2,1-2H3,(H,19,21). The van der Waals surface area contributed by atoms with E-state index < -0.39 is 11.9 Å². The number of alkyl halides is 3. The molecule has 0 spiro atoms. The Labute approximate surface area is 119 Å². The van der Waals surface area contributed by atoms with E-state index in [1.54, 1.807) is 26.0 Å². The minimum Gasteiger partial charge on any atom is -0.365 e. The lowest BCUT2D eigenvalue weighted by Crippen LogP contribution is -2.10. The Kier molecular flexibility index (Phi) is 4.11. The van der Waals surface area contributed by atoms with Gasteiger partial charge in [-0.1, -0.05) is 12.1 Å². The van der Waals surface area contributed by atoms with Gasteiger partial charge in [0.2, 0.25) is 0 Å². The quantitative estimate of drug-likeness (QED) is 0.874. The molecule has 1 aromatic carbocycles. The maximum Gasteiger partial charge on any atom is 0.435 e. The molecule has 2 rings (SSSR count). The first-order valence-corrected chi connectivity index (χ1v) is 6.18. The zero-order valence-corrected chi connectivity index (χ0v) is 11.4. The van der Waals surface area contributed by atoms with Gasteiger partial charge in [0.1, 0.15) is 11.6 Å². The summed E-state index contributed by atoms with van der Waals surface area (Å²) in [5.41, 5.74) is 0.810. The second kappa shape index (κ2) is 5.67. The van der Waals surface area contributed by atoms with Crippen LogP contribution in [0.25, 0.3) is 0 Å². The fourth-order valence-electron chi connectivity index (χ4n) is 1.91. The van der Waals surface area contributed by atoms with Crippen molar-refractivity contribution in [1.29, 1.82) is 0 Å². The van der Waals surface area contributed by atoms with E-state index in [1.165, 1.54) is 6.07 Å². The first kappa shape index (κ1) is 15.2. The van der Waals surface area contributed by atoms with Crippen LogP contribution in [0.2, 0.25) is 0 Å². The SMILES string of the molecule is Cc1cc(CNc2ccc(C(F)(F)F)nn2)cc(C)c1F. The van der Waals surface area contributed by atoms with Gasteiger partial charge in [0, 0.05) is 6.54 Å². The summed E-state index contributed by atoms with van der Waals surface area (Å²) in [6, 6.07) is 5.41. The van der Waals surface area contributed by atoms with Crippen molar-refractivity contribution in [3.05, 3.63) is 52.5 Å². The van der Waals surface area contributed by atoms with Crippen LogP contribution in [0.1, 0.15) is 22.4 Å². The topological polar surface area (TPSA) is 37.8 Å². The lowest BCUT2D eigenvalue weighted by molar-refractivity contribution is -0.141. The van der Waals surface area contributed by atoms with Gasteiger partial charge in [-0.25, -0.2) is 4.39 Å². The highest BCUT2D eigenvalue weighted by Crippen LogP contribution is 2.27. The Morgan fingerprint density at radius 1 is 1.05 bits per heavy atom. The third-order valence-corrected chi connectivity index (χ3v) is 2.92. The highest BCUT2D eigenvalue weighted by molar-refractivity contribution is 5.37. The fourth-order valence-corrected chi connectivity index (χ4v) is 1.91. The molecule has 1 heterocycles. The van der Waals surface area contributed by atoms with E-state index in [9.17, 15) is 17.6 Å². The maximum absolute atomic E-state index is 13.5. The molecule has 0 atom stereocenters. The van der Waals surface area contributed by atoms with Gasteiger partial charge >= 0.3 is 6.18 Å². The van der Waals surface area contributed by atoms with Crippen LogP contribution < -0.4 is 5.32 Å². The third-order valence-electron chi connectivity index (χ3n) is 2.92. The van der Waals surface area contributed by atoms with Crippen molar-refractivity contribution in [2.75, 3.05) is 5.32 Å². The number of halogens is 4. The van der Waals surface area contributed by atoms with Gasteiger partial charge in [-0.15, -0.1) is 10.2 Å². The molecule has 21 heavy (non-hydrogen) atoms. The van der Waals surface area contributed by atoms with Gasteiger partial charge in [0.15, 0.2) is 5.69 Å². The molecule has 0 saturated carbocycles. The third kappa shape index (κ3) is 3.68. The van der Waals surface area contributed by atoms with E-state index in [0.29, 0.717) is 17.7 Å². The van der Waals surface area contributed by atoms with Crippen molar-refractivity contribution in [2.24, 2.45) is 0 Å². The summed E-state index contributed by atoms with van der Waals surface area (Å²) in [6.07, 6.45) is -4.50. The number of hydrogen-bond acceptors (Lipinski definition) is 3. The van der Waals surface area contributed by atoms with Crippen LogP contribution in [0.4, 0.5) is 23.4 Å². The summed E-state index contributed by atoms with van der Waals surface area (Å²) in [4.78, 5) is 0. The van der Waals surface area contributed by atoms with E-state index in [4.69, 9.17) is 0 Å². The number of benzene rings is 1. The molecule has 1 N–H and O–H groups in total. The maximum atomic E-state index is 13.5. The fraction of sp³-hybridized carbons (Fsp3) is 0.286. The van der Waals surface area contributed by atoms with Crippen LogP contribution in [-0.4, -0.2) is 10.2 Å². The van der Waals surface area contributed by atoms with Crippen molar-refractivity contribution in [1.82, 2.24) is 10.2 Å². The second-order valence-electron chi connectivity index (χ2n) is 4.70. The first-order valence-electron chi connectivity index (χ1n) is 6.18. The number of aromatic nitrogens is 2. The first-order chi connectivity index (χ1) is 9.77. The van der Waals surface area contributed by atoms with Crippen LogP contribution in [0.15, 0.2) is 24.3 Å². The molecule has 7 heteroatoms. The lowest BCUT2D eigenvalue weighted by atomic mass is 10.1. The minimum atomic E-state index is -4.50. The lowest BCUT2D eigenvalue weighted by Gasteiger charge is -2.09. The summed E-state index contributed by atoms with van der Waals surface area (Å²) < 4.78 is 50.5. The summed E-state index contributed by atoms with van der Waals surface area (Å²) in [5, 5.41) is 9.43. The predicted octanol–water partition coefficient (Wildman–Crippen LogP) is 3.86. The smallest absolute Gasteiger partial charge is 0.365 e. The van der Waals surface area contributed by atoms with E-state index in [0.717, 1.165) is 11.6 Å². The Morgan fingerprint density at radius 2 is 1.67 bits per heavy atom. The Bertz CT molecular complexity index is 613. The number of hydrogen-bond donors (Lipinski definition) is 1. The number of rotatable bonds is 3. The molecule has 0 aliphatic heterocycles. The molecule has 112 valence electrons. The number of nitrogens with one attached hydrogen (secondary N) is 1. The van der Waals surface area contributed by atoms with E-state index >= 15 is 0 Å². The summed E-state index contributed by atoms with van der Waals surface area (Å²) in [7, 11) is 0. The minimum absolute atomic E-state index is 0.225. The van der Waals surface area contributed by atoms with Crippen LogP contribution in [-0.2, 0) is 12.7 Å². The largest absolute Gasteiger partial charge is 0.435 e. The average molecular weight is 299 g/mol. The number of aryl methyl sites for hydroxylation is 2. The molecule has 0 fully saturated rings. The van der Waals surface area contributed by atoms with Crippen molar-refractivity contribution >= 4 is 5.82 Å². The molecule has 0 saturated heterocycles. The van der Waals surface area contributed by atoms with Crippen molar-refractivity contribution in [2.45, 2.75) is 26.6 Å². The molecular formula is C14H13F4N3. The zero-order chi connectivity index (χ0) is 15.6. The zero-order valence-electron chi connectivity index (χ0n) is 11.4. The Morgan fingerprint density at radius 3 is 2.14 bits per heavy atom. The molecule has 0 amide bonds. The molecule has 3 nitrogen and oxygen atoms in total. The number of nitrogens with zero attached hydrogens (tertiary/aromatic N) is 2. The van der Waals surface area contributed by atoms with Gasteiger partial charge in [0.25, 0.3) is 0 Å². The summed E-state index contributed by atoms with van der Waals surface area (Å²) >= 11 is 0. The van der Waals surface area contributed by atoms with Gasteiger partial charge < -0.3 is 5.32 Å². The van der Waals surface area contributed by atoms with Crippen molar-refractivity contribution in [3.8, 4) is 0 Å². The van der Waals surface area contributed by atoms with E-state index in [2.05, 4.69) is 15.5 Å². The summed E-state index contributed by atoms with van der Waals surface area (Å²) in [5.74, 6) is -0.0318.